The molecule has 0 amide bonds. The highest BCUT2D eigenvalue weighted by atomic mass is 16.3. The van der Waals surface area contributed by atoms with E-state index >= 15 is 0 Å². The molecule has 2 nitrogen and oxygen atoms in total. The molecule has 0 saturated carbocycles. The van der Waals surface area contributed by atoms with Gasteiger partial charge in [0.1, 0.15) is 0 Å². The minimum Gasteiger partial charge on any atom is -0.396 e. The molecule has 2 N–H and O–H groups in total. The van der Waals surface area contributed by atoms with Gasteiger partial charge in [-0.25, -0.2) is 0 Å². The number of aliphatic hydroxyl groups is 1. The summed E-state index contributed by atoms with van der Waals surface area (Å²) in [4.78, 5) is 0. The quantitative estimate of drug-likeness (QED) is 0.632. The highest BCUT2D eigenvalue weighted by molar-refractivity contribution is 4.87. The maximum atomic E-state index is 9.11. The predicted octanol–water partition coefficient (Wildman–Crippen LogP) is 2.56. The Morgan fingerprint density at radius 2 is 1.93 bits per heavy atom. The molecule has 0 rings (SSSR count). The molecule has 0 aromatic rings. The molecular weight excluding hydrogens is 174 g/mol. The van der Waals surface area contributed by atoms with Gasteiger partial charge in [-0.05, 0) is 31.7 Å². The van der Waals surface area contributed by atoms with Crippen LogP contribution >= 0.6 is 0 Å². The number of hydrogen-bond acceptors (Lipinski definition) is 2. The van der Waals surface area contributed by atoms with Crippen LogP contribution in [0.15, 0.2) is 0 Å². The van der Waals surface area contributed by atoms with E-state index in [9.17, 15) is 0 Å². The van der Waals surface area contributed by atoms with Crippen LogP contribution in [-0.4, -0.2) is 23.8 Å². The Hall–Kier alpha value is -0.0800. The third-order valence-corrected chi connectivity index (χ3v) is 3.26. The molecule has 0 aliphatic carbocycles. The first kappa shape index (κ1) is 13.9. The van der Waals surface area contributed by atoms with Crippen LogP contribution in [0.25, 0.3) is 0 Å². The SMILES string of the molecule is CCNC(CC)(CCO)CC(C)CC. The van der Waals surface area contributed by atoms with Crippen molar-refractivity contribution in [1.29, 1.82) is 0 Å². The van der Waals surface area contributed by atoms with Crippen molar-refractivity contribution in [2.45, 2.75) is 58.9 Å². The molecule has 0 spiro atoms. The summed E-state index contributed by atoms with van der Waals surface area (Å²) in [6.07, 6.45) is 4.38. The lowest BCUT2D eigenvalue weighted by Crippen LogP contribution is -2.46. The molecule has 0 aliphatic rings. The Labute approximate surface area is 89.1 Å². The molecule has 0 saturated heterocycles. The predicted molar refractivity (Wildman–Crippen MR) is 62.5 cm³/mol. The van der Waals surface area contributed by atoms with Gasteiger partial charge in [-0.2, -0.15) is 0 Å². The van der Waals surface area contributed by atoms with Crippen molar-refractivity contribution >= 4 is 0 Å². The molecule has 0 radical (unpaired) electrons. The standard InChI is InChI=1S/C12H27NO/c1-5-11(4)10-12(6-2,8-9-14)13-7-3/h11,13-14H,5-10H2,1-4H3. The molecular formula is C12H27NO. The van der Waals surface area contributed by atoms with Crippen molar-refractivity contribution in [1.82, 2.24) is 5.32 Å². The third kappa shape index (κ3) is 4.43. The maximum Gasteiger partial charge on any atom is 0.0448 e. The van der Waals surface area contributed by atoms with E-state index in [0.717, 1.165) is 25.3 Å². The zero-order valence-corrected chi connectivity index (χ0v) is 10.3. The normalized spacial score (nSPS) is 17.8. The molecule has 0 bridgehead atoms. The van der Waals surface area contributed by atoms with E-state index in [1.54, 1.807) is 0 Å². The van der Waals surface area contributed by atoms with Crippen LogP contribution in [0.3, 0.4) is 0 Å². The van der Waals surface area contributed by atoms with Crippen LogP contribution in [0, 0.1) is 5.92 Å². The topological polar surface area (TPSA) is 32.3 Å². The third-order valence-electron chi connectivity index (χ3n) is 3.26. The molecule has 0 heterocycles. The fourth-order valence-electron chi connectivity index (χ4n) is 2.11. The van der Waals surface area contributed by atoms with E-state index in [0.29, 0.717) is 0 Å². The van der Waals surface area contributed by atoms with Gasteiger partial charge in [0.15, 0.2) is 0 Å². The van der Waals surface area contributed by atoms with E-state index in [1.165, 1.54) is 12.8 Å². The lowest BCUT2D eigenvalue weighted by Gasteiger charge is -2.35. The van der Waals surface area contributed by atoms with Gasteiger partial charge in [-0.3, -0.25) is 0 Å². The molecule has 0 aromatic carbocycles. The van der Waals surface area contributed by atoms with E-state index in [1.807, 2.05) is 0 Å². The number of rotatable bonds is 8. The average Bonchev–Trinajstić information content (AvgIpc) is 2.18. The van der Waals surface area contributed by atoms with Crippen LogP contribution in [-0.2, 0) is 0 Å². The summed E-state index contributed by atoms with van der Waals surface area (Å²) in [5.41, 5.74) is 0.166. The molecule has 2 atom stereocenters. The Kier molecular flexibility index (Phi) is 7.20. The second-order valence-electron chi connectivity index (χ2n) is 4.36. The molecule has 86 valence electrons. The minimum atomic E-state index is 0.166. The van der Waals surface area contributed by atoms with Crippen LogP contribution in [0.5, 0.6) is 0 Å². The maximum absolute atomic E-state index is 9.11. The Balaban J connectivity index is 4.31. The van der Waals surface area contributed by atoms with Crippen LogP contribution in [0.1, 0.15) is 53.4 Å². The molecule has 0 aliphatic heterocycles. The minimum absolute atomic E-state index is 0.166. The zero-order chi connectivity index (χ0) is 11.0. The fraction of sp³-hybridized carbons (Fsp3) is 1.00. The highest BCUT2D eigenvalue weighted by Gasteiger charge is 2.27. The summed E-state index contributed by atoms with van der Waals surface area (Å²) >= 11 is 0. The van der Waals surface area contributed by atoms with Gasteiger partial charge in [0.05, 0.1) is 0 Å². The van der Waals surface area contributed by atoms with Gasteiger partial charge in [0, 0.05) is 12.1 Å². The number of aliphatic hydroxyl groups excluding tert-OH is 1. The van der Waals surface area contributed by atoms with Gasteiger partial charge in [0.2, 0.25) is 0 Å². The Morgan fingerprint density at radius 1 is 1.29 bits per heavy atom. The summed E-state index contributed by atoms with van der Waals surface area (Å²) in [6, 6.07) is 0. The van der Waals surface area contributed by atoms with Gasteiger partial charge < -0.3 is 10.4 Å². The molecule has 0 fully saturated rings. The summed E-state index contributed by atoms with van der Waals surface area (Å²) in [6.45, 7) is 10.1. The van der Waals surface area contributed by atoms with Gasteiger partial charge in [-0.1, -0.05) is 34.1 Å². The summed E-state index contributed by atoms with van der Waals surface area (Å²) in [7, 11) is 0. The van der Waals surface area contributed by atoms with Crippen LogP contribution in [0.2, 0.25) is 0 Å². The van der Waals surface area contributed by atoms with Crippen molar-refractivity contribution in [3.63, 3.8) is 0 Å². The Bertz CT molecular complexity index is 130. The first-order chi connectivity index (χ1) is 6.64. The van der Waals surface area contributed by atoms with E-state index in [4.69, 9.17) is 5.11 Å². The summed E-state index contributed by atoms with van der Waals surface area (Å²) in [5, 5.41) is 12.7. The highest BCUT2D eigenvalue weighted by Crippen LogP contribution is 2.25. The van der Waals surface area contributed by atoms with Crippen LogP contribution in [0.4, 0.5) is 0 Å². The second-order valence-corrected chi connectivity index (χ2v) is 4.36. The molecule has 0 aromatic heterocycles. The van der Waals surface area contributed by atoms with Gasteiger partial charge in [0.25, 0.3) is 0 Å². The molecule has 14 heavy (non-hydrogen) atoms. The Morgan fingerprint density at radius 3 is 2.29 bits per heavy atom. The van der Waals surface area contributed by atoms with E-state index < -0.39 is 0 Å². The molecule has 2 unspecified atom stereocenters. The summed E-state index contributed by atoms with van der Waals surface area (Å²) < 4.78 is 0. The number of nitrogens with one attached hydrogen (secondary N) is 1. The van der Waals surface area contributed by atoms with Gasteiger partial charge in [-0.15, -0.1) is 0 Å². The lowest BCUT2D eigenvalue weighted by atomic mass is 9.82. The molecule has 2 heteroatoms. The zero-order valence-electron chi connectivity index (χ0n) is 10.3. The van der Waals surface area contributed by atoms with Crippen molar-refractivity contribution in [2.24, 2.45) is 5.92 Å². The average molecular weight is 201 g/mol. The van der Waals surface area contributed by atoms with E-state index in [-0.39, 0.29) is 12.1 Å². The van der Waals surface area contributed by atoms with Gasteiger partial charge >= 0.3 is 0 Å². The van der Waals surface area contributed by atoms with Crippen molar-refractivity contribution in [3.05, 3.63) is 0 Å². The number of hydrogen-bond donors (Lipinski definition) is 2. The van der Waals surface area contributed by atoms with Crippen molar-refractivity contribution in [3.8, 4) is 0 Å². The lowest BCUT2D eigenvalue weighted by molar-refractivity contribution is 0.177. The van der Waals surface area contributed by atoms with E-state index in [2.05, 4.69) is 33.0 Å². The monoisotopic (exact) mass is 201 g/mol. The summed E-state index contributed by atoms with van der Waals surface area (Å²) in [5.74, 6) is 0.737. The van der Waals surface area contributed by atoms with Crippen molar-refractivity contribution in [2.75, 3.05) is 13.2 Å². The van der Waals surface area contributed by atoms with Crippen LogP contribution < -0.4 is 5.32 Å². The largest absolute Gasteiger partial charge is 0.396 e. The first-order valence-electron chi connectivity index (χ1n) is 6.00. The smallest absolute Gasteiger partial charge is 0.0448 e. The van der Waals surface area contributed by atoms with Crippen molar-refractivity contribution < 1.29 is 5.11 Å². The second kappa shape index (κ2) is 7.24. The fourth-order valence-corrected chi connectivity index (χ4v) is 2.11. The first-order valence-corrected chi connectivity index (χ1v) is 6.00.